The van der Waals surface area contributed by atoms with E-state index in [9.17, 15) is 0 Å². The van der Waals surface area contributed by atoms with E-state index in [1.165, 1.54) is 21.5 Å². The fourth-order valence-corrected chi connectivity index (χ4v) is 3.03. The first-order chi connectivity index (χ1) is 9.78. The van der Waals surface area contributed by atoms with Crippen molar-refractivity contribution in [2.75, 3.05) is 17.3 Å². The minimum absolute atomic E-state index is 1.08. The molecule has 0 fully saturated rings. The summed E-state index contributed by atoms with van der Waals surface area (Å²) in [6.07, 6.45) is 0. The van der Waals surface area contributed by atoms with E-state index < -0.39 is 0 Å². The van der Waals surface area contributed by atoms with Crippen molar-refractivity contribution in [2.24, 2.45) is 0 Å². The fourth-order valence-electron chi connectivity index (χ4n) is 2.07. The van der Waals surface area contributed by atoms with Gasteiger partial charge in [0, 0.05) is 18.3 Å². The fraction of sp³-hybridized carbons (Fsp3) is 0.188. The number of nitrogens with zero attached hydrogens (tertiary/aromatic N) is 1. The number of aromatic nitrogens is 1. The van der Waals surface area contributed by atoms with Gasteiger partial charge in [0.1, 0.15) is 5.01 Å². The van der Waals surface area contributed by atoms with E-state index in [0.29, 0.717) is 0 Å². The Morgan fingerprint density at radius 1 is 1.10 bits per heavy atom. The van der Waals surface area contributed by atoms with Gasteiger partial charge >= 0.3 is 0 Å². The van der Waals surface area contributed by atoms with Gasteiger partial charge in [0.15, 0.2) is 0 Å². The van der Waals surface area contributed by atoms with Crippen LogP contribution in [0.1, 0.15) is 5.56 Å². The Kier molecular flexibility index (Phi) is 5.37. The van der Waals surface area contributed by atoms with Gasteiger partial charge in [0.05, 0.1) is 10.2 Å². The molecular weight excluding hydrogens is 379 g/mol. The molecule has 0 amide bonds. The molecule has 0 aliphatic heterocycles. The van der Waals surface area contributed by atoms with Crippen LogP contribution in [0.2, 0.25) is 0 Å². The van der Waals surface area contributed by atoms with Gasteiger partial charge in [-0.2, -0.15) is 0 Å². The Hall–Kier alpha value is -1.14. The van der Waals surface area contributed by atoms with Crippen LogP contribution in [0.5, 0.6) is 0 Å². The largest absolute Gasteiger partial charge is 0.388 e. The summed E-state index contributed by atoms with van der Waals surface area (Å²) in [5.74, 6) is 0. The van der Waals surface area contributed by atoms with E-state index in [1.807, 2.05) is 18.0 Å². The van der Waals surface area contributed by atoms with E-state index in [4.69, 9.17) is 0 Å². The van der Waals surface area contributed by atoms with Crippen LogP contribution in [0.15, 0.2) is 42.5 Å². The lowest BCUT2D eigenvalue weighted by Gasteiger charge is -2.05. The lowest BCUT2D eigenvalue weighted by molar-refractivity contribution is 1.39. The molecule has 0 unspecified atom stereocenters. The topological polar surface area (TPSA) is 24.9 Å². The predicted octanol–water partition coefficient (Wildman–Crippen LogP) is 5.36. The van der Waals surface area contributed by atoms with Crippen LogP contribution < -0.4 is 5.32 Å². The van der Waals surface area contributed by atoms with Crippen LogP contribution in [0.25, 0.3) is 20.8 Å². The number of thiazole rings is 1. The number of anilines is 1. The molecule has 0 bridgehead atoms. The van der Waals surface area contributed by atoms with Crippen LogP contribution >= 0.6 is 33.9 Å². The Bertz CT molecular complexity index is 674. The summed E-state index contributed by atoms with van der Waals surface area (Å²) in [6, 6.07) is 14.7. The minimum atomic E-state index is 1.08. The molecular formula is C16H17IN2S. The molecule has 0 aliphatic carbocycles. The smallest absolute Gasteiger partial charge is 0.124 e. The summed E-state index contributed by atoms with van der Waals surface area (Å²) in [7, 11) is 1.94. The number of aryl methyl sites for hydroxylation is 1. The lowest BCUT2D eigenvalue weighted by atomic mass is 10.1. The number of para-hydroxylation sites is 1. The van der Waals surface area contributed by atoms with E-state index in [-0.39, 0.29) is 0 Å². The highest BCUT2D eigenvalue weighted by molar-refractivity contribution is 14.1. The average molecular weight is 396 g/mol. The molecule has 104 valence electrons. The van der Waals surface area contributed by atoms with Crippen molar-refractivity contribution in [3.63, 3.8) is 0 Å². The van der Waals surface area contributed by atoms with Crippen LogP contribution in [0.4, 0.5) is 5.69 Å². The molecule has 0 aliphatic rings. The van der Waals surface area contributed by atoms with Crippen molar-refractivity contribution in [1.29, 1.82) is 0 Å². The number of fused-ring (bicyclic) bond motifs is 1. The second-order valence-electron chi connectivity index (χ2n) is 4.27. The third-order valence-electron chi connectivity index (χ3n) is 3.04. The Labute approximate surface area is 137 Å². The second kappa shape index (κ2) is 7.04. The summed E-state index contributed by atoms with van der Waals surface area (Å²) in [5, 5.41) is 4.27. The van der Waals surface area contributed by atoms with E-state index in [1.54, 1.807) is 11.3 Å². The standard InChI is InChI=1S/C15H14N2S.CH3I/c1-10-9-11(7-8-12(10)16-2)15-17-13-5-3-4-6-14(13)18-15;1-2/h3-9,16H,1-2H3;1H3. The molecule has 0 saturated heterocycles. The van der Waals surface area contributed by atoms with Crippen LogP contribution in [-0.2, 0) is 0 Å². The first-order valence-corrected chi connectivity index (χ1v) is 9.27. The molecule has 3 rings (SSSR count). The third-order valence-corrected chi connectivity index (χ3v) is 4.12. The molecule has 0 saturated carbocycles. The SMILES string of the molecule is CI.CNc1ccc(-c2nc3ccccc3s2)cc1C. The molecule has 20 heavy (non-hydrogen) atoms. The first-order valence-electron chi connectivity index (χ1n) is 6.30. The molecule has 2 nitrogen and oxygen atoms in total. The number of alkyl halides is 1. The Morgan fingerprint density at radius 3 is 2.50 bits per heavy atom. The summed E-state index contributed by atoms with van der Waals surface area (Å²) in [5.41, 5.74) is 4.68. The zero-order chi connectivity index (χ0) is 14.5. The second-order valence-corrected chi connectivity index (χ2v) is 5.30. The molecule has 0 spiro atoms. The maximum Gasteiger partial charge on any atom is 0.124 e. The molecule has 2 aromatic carbocycles. The maximum atomic E-state index is 4.68. The van der Waals surface area contributed by atoms with Gasteiger partial charge in [-0.25, -0.2) is 4.98 Å². The summed E-state index contributed by atoms with van der Waals surface area (Å²) in [4.78, 5) is 6.65. The van der Waals surface area contributed by atoms with Crippen LogP contribution in [0.3, 0.4) is 0 Å². The quantitative estimate of drug-likeness (QED) is 0.466. The molecule has 0 atom stereocenters. The van der Waals surface area contributed by atoms with Gasteiger partial charge in [0.25, 0.3) is 0 Å². The zero-order valence-corrected chi connectivity index (χ0v) is 14.7. The van der Waals surface area contributed by atoms with Gasteiger partial charge in [0.2, 0.25) is 0 Å². The molecule has 1 aromatic heterocycles. The highest BCUT2D eigenvalue weighted by atomic mass is 127. The highest BCUT2D eigenvalue weighted by Crippen LogP contribution is 2.31. The van der Waals surface area contributed by atoms with Crippen LogP contribution in [0, 0.1) is 6.92 Å². The van der Waals surface area contributed by atoms with Crippen molar-refractivity contribution in [3.05, 3.63) is 48.0 Å². The summed E-state index contributed by atoms with van der Waals surface area (Å²) in [6.45, 7) is 2.11. The lowest BCUT2D eigenvalue weighted by Crippen LogP contribution is -1.91. The number of benzene rings is 2. The van der Waals surface area contributed by atoms with Gasteiger partial charge in [-0.1, -0.05) is 34.7 Å². The van der Waals surface area contributed by atoms with Gasteiger partial charge in [-0.3, -0.25) is 0 Å². The minimum Gasteiger partial charge on any atom is -0.388 e. The first kappa shape index (κ1) is 15.3. The van der Waals surface area contributed by atoms with E-state index in [0.717, 1.165) is 10.5 Å². The van der Waals surface area contributed by atoms with Gasteiger partial charge in [-0.05, 0) is 47.7 Å². The third kappa shape index (κ3) is 3.12. The Morgan fingerprint density at radius 2 is 1.85 bits per heavy atom. The average Bonchev–Trinajstić information content (AvgIpc) is 2.93. The molecule has 3 aromatic rings. The van der Waals surface area contributed by atoms with Crippen molar-refractivity contribution >= 4 is 49.8 Å². The Balaban J connectivity index is 0.000000704. The summed E-state index contributed by atoms with van der Waals surface area (Å²) < 4.78 is 1.24. The maximum absolute atomic E-state index is 4.68. The van der Waals surface area contributed by atoms with Gasteiger partial charge < -0.3 is 5.32 Å². The number of nitrogens with one attached hydrogen (secondary N) is 1. The van der Waals surface area contributed by atoms with Crippen LogP contribution in [-0.4, -0.2) is 17.0 Å². The summed E-state index contributed by atoms with van der Waals surface area (Å²) >= 11 is 3.89. The molecule has 4 heteroatoms. The number of hydrogen-bond donors (Lipinski definition) is 1. The molecule has 0 radical (unpaired) electrons. The van der Waals surface area contributed by atoms with Crippen molar-refractivity contribution < 1.29 is 0 Å². The van der Waals surface area contributed by atoms with Crippen molar-refractivity contribution in [1.82, 2.24) is 4.98 Å². The van der Waals surface area contributed by atoms with Crippen molar-refractivity contribution in [3.8, 4) is 10.6 Å². The van der Waals surface area contributed by atoms with Gasteiger partial charge in [-0.15, -0.1) is 11.3 Å². The van der Waals surface area contributed by atoms with Crippen molar-refractivity contribution in [2.45, 2.75) is 6.92 Å². The predicted molar refractivity (Wildman–Crippen MR) is 99.3 cm³/mol. The monoisotopic (exact) mass is 396 g/mol. The van der Waals surface area contributed by atoms with E-state index in [2.05, 4.69) is 76.2 Å². The molecule has 1 N–H and O–H groups in total. The highest BCUT2D eigenvalue weighted by Gasteiger charge is 2.06. The number of halogens is 1. The number of rotatable bonds is 2. The normalized spacial score (nSPS) is 10.0. The zero-order valence-electron chi connectivity index (χ0n) is 11.8. The molecule has 1 heterocycles. The van der Waals surface area contributed by atoms with E-state index >= 15 is 0 Å². The number of hydrogen-bond acceptors (Lipinski definition) is 3.